The molecule has 2 saturated heterocycles. The molecule has 0 amide bonds. The van der Waals surface area contributed by atoms with Gasteiger partial charge in [0.2, 0.25) is 0 Å². The largest absolute Gasteiger partial charge is 0.381 e. The van der Waals surface area contributed by atoms with E-state index in [-0.39, 0.29) is 16.7 Å². The van der Waals surface area contributed by atoms with Crippen LogP contribution in [0.5, 0.6) is 0 Å². The molecule has 2 fully saturated rings. The van der Waals surface area contributed by atoms with Gasteiger partial charge in [-0.15, -0.1) is 0 Å². The highest BCUT2D eigenvalue weighted by atomic mass is 35.5. The number of hydrogen-bond acceptors (Lipinski definition) is 4. The topological polar surface area (TPSA) is 46.6 Å². The highest BCUT2D eigenvalue weighted by Gasteiger charge is 2.61. The van der Waals surface area contributed by atoms with Gasteiger partial charge in [-0.3, -0.25) is 4.90 Å². The maximum atomic E-state index is 13.5. The average Bonchev–Trinajstić information content (AvgIpc) is 2.72. The number of halogens is 2. The first-order valence-electron chi connectivity index (χ1n) is 7.84. The Morgan fingerprint density at radius 1 is 1.43 bits per heavy atom. The second kappa shape index (κ2) is 6.31. The molecule has 0 saturated carbocycles. The van der Waals surface area contributed by atoms with Crippen LogP contribution < -0.4 is 0 Å². The molecule has 3 rings (SSSR count). The lowest BCUT2D eigenvalue weighted by atomic mass is 9.83. The van der Waals surface area contributed by atoms with Gasteiger partial charge in [0.25, 0.3) is 0 Å². The Bertz CT molecular complexity index is 689. The summed E-state index contributed by atoms with van der Waals surface area (Å²) in [6, 6.07) is 4.72. The van der Waals surface area contributed by atoms with E-state index in [1.165, 1.54) is 12.1 Å². The van der Waals surface area contributed by atoms with Crippen LogP contribution in [-0.4, -0.2) is 50.1 Å². The Morgan fingerprint density at radius 2 is 2.17 bits per heavy atom. The molecular formula is C16H21ClFNO3S. The molecule has 7 heteroatoms. The number of rotatable bonds is 5. The van der Waals surface area contributed by atoms with Crippen molar-refractivity contribution in [2.24, 2.45) is 5.92 Å². The van der Waals surface area contributed by atoms with Gasteiger partial charge in [0.1, 0.15) is 10.6 Å². The number of sulfone groups is 1. The van der Waals surface area contributed by atoms with Gasteiger partial charge in [0.05, 0.1) is 17.4 Å². The van der Waals surface area contributed by atoms with Crippen molar-refractivity contribution in [3.05, 3.63) is 34.6 Å². The van der Waals surface area contributed by atoms with Crippen LogP contribution >= 0.6 is 11.6 Å². The summed E-state index contributed by atoms with van der Waals surface area (Å²) >= 11 is 5.69. The number of nitrogens with zero attached hydrogens (tertiary/aromatic N) is 1. The molecule has 0 unspecified atom stereocenters. The van der Waals surface area contributed by atoms with Gasteiger partial charge in [0, 0.05) is 32.2 Å². The Morgan fingerprint density at radius 3 is 2.83 bits per heavy atom. The standard InChI is InChI=1S/C16H21ClFNO3S/c1-2-22-9-13-5-6-23(20,21)16(13)10-19(11-16)8-12-3-4-14(17)15(18)7-12/h3-4,7,13H,2,5-6,8-11H2,1H3/t13-/m1/s1. The van der Waals surface area contributed by atoms with Crippen LogP contribution in [0.1, 0.15) is 18.9 Å². The van der Waals surface area contributed by atoms with Gasteiger partial charge in [-0.2, -0.15) is 0 Å². The van der Waals surface area contributed by atoms with Crippen molar-refractivity contribution in [2.75, 3.05) is 32.1 Å². The number of ether oxygens (including phenoxy) is 1. The maximum Gasteiger partial charge on any atom is 0.158 e. The van der Waals surface area contributed by atoms with Crippen LogP contribution in [-0.2, 0) is 21.1 Å². The lowest BCUT2D eigenvalue weighted by Crippen LogP contribution is -2.67. The molecule has 0 radical (unpaired) electrons. The van der Waals surface area contributed by atoms with Crippen molar-refractivity contribution < 1.29 is 17.5 Å². The predicted molar refractivity (Wildman–Crippen MR) is 87.8 cm³/mol. The fourth-order valence-corrected chi connectivity index (χ4v) is 6.26. The lowest BCUT2D eigenvalue weighted by molar-refractivity contribution is 0.0292. The van der Waals surface area contributed by atoms with Crippen molar-refractivity contribution in [2.45, 2.75) is 24.6 Å². The van der Waals surface area contributed by atoms with Crippen molar-refractivity contribution >= 4 is 21.4 Å². The fourth-order valence-electron chi connectivity index (χ4n) is 3.69. The third-order valence-electron chi connectivity index (χ3n) is 4.99. The molecule has 0 aliphatic carbocycles. The Kier molecular flexibility index (Phi) is 4.71. The SMILES string of the molecule is CCOC[C@H]1CCS(=O)(=O)C12CN(Cc1ccc(Cl)c(F)c1)C2. The normalized spacial score (nSPS) is 25.6. The molecule has 1 aromatic rings. The summed E-state index contributed by atoms with van der Waals surface area (Å²) in [7, 11) is -3.09. The van der Waals surface area contributed by atoms with Crippen molar-refractivity contribution in [1.29, 1.82) is 0 Å². The van der Waals surface area contributed by atoms with Crippen LogP contribution in [0.3, 0.4) is 0 Å². The number of hydrogen-bond donors (Lipinski definition) is 0. The molecule has 128 valence electrons. The average molecular weight is 362 g/mol. The Balaban J connectivity index is 1.68. The monoisotopic (exact) mass is 361 g/mol. The van der Waals surface area contributed by atoms with Crippen LogP contribution in [0.15, 0.2) is 18.2 Å². The van der Waals surface area contributed by atoms with E-state index in [0.717, 1.165) is 5.56 Å². The quantitative estimate of drug-likeness (QED) is 0.808. The molecule has 1 aromatic carbocycles. The minimum atomic E-state index is -3.09. The molecule has 2 aliphatic heterocycles. The third kappa shape index (κ3) is 3.02. The van der Waals surface area contributed by atoms with Gasteiger partial charge in [-0.25, -0.2) is 12.8 Å². The molecule has 0 N–H and O–H groups in total. The summed E-state index contributed by atoms with van der Waals surface area (Å²) in [5.74, 6) is -0.137. The van der Waals surface area contributed by atoms with E-state index in [1.54, 1.807) is 6.07 Å². The number of likely N-dealkylation sites (tertiary alicyclic amines) is 1. The van der Waals surface area contributed by atoms with Crippen molar-refractivity contribution in [3.63, 3.8) is 0 Å². The second-order valence-electron chi connectivity index (χ2n) is 6.42. The zero-order valence-corrected chi connectivity index (χ0v) is 14.7. The minimum Gasteiger partial charge on any atom is -0.381 e. The van der Waals surface area contributed by atoms with E-state index in [4.69, 9.17) is 16.3 Å². The first-order valence-corrected chi connectivity index (χ1v) is 9.87. The van der Waals surface area contributed by atoms with Gasteiger partial charge in [-0.1, -0.05) is 17.7 Å². The van der Waals surface area contributed by atoms with E-state index in [0.29, 0.717) is 39.3 Å². The van der Waals surface area contributed by atoms with Crippen LogP contribution in [0.25, 0.3) is 0 Å². The molecule has 1 spiro atoms. The molecule has 1 atom stereocenters. The zero-order valence-electron chi connectivity index (χ0n) is 13.1. The second-order valence-corrected chi connectivity index (χ2v) is 9.28. The fraction of sp³-hybridized carbons (Fsp3) is 0.625. The van der Waals surface area contributed by atoms with Crippen molar-refractivity contribution in [1.82, 2.24) is 4.90 Å². The van der Waals surface area contributed by atoms with E-state index in [2.05, 4.69) is 0 Å². The molecule has 0 bridgehead atoms. The van der Waals surface area contributed by atoms with Gasteiger partial charge in [0.15, 0.2) is 9.84 Å². The summed E-state index contributed by atoms with van der Waals surface area (Å²) in [5, 5.41) is 0.101. The number of benzene rings is 1. The first-order chi connectivity index (χ1) is 10.9. The summed E-state index contributed by atoms with van der Waals surface area (Å²) in [6.07, 6.45) is 0.672. The summed E-state index contributed by atoms with van der Waals surface area (Å²) < 4.78 is 43.3. The predicted octanol–water partition coefficient (Wildman–Crippen LogP) is 2.50. The van der Waals surface area contributed by atoms with Crippen molar-refractivity contribution in [3.8, 4) is 0 Å². The lowest BCUT2D eigenvalue weighted by Gasteiger charge is -2.50. The molecule has 2 heterocycles. The van der Waals surface area contributed by atoms with Gasteiger partial charge < -0.3 is 4.74 Å². The third-order valence-corrected chi connectivity index (χ3v) is 7.90. The van der Waals surface area contributed by atoms with Crippen LogP contribution in [0, 0.1) is 11.7 Å². The molecule has 0 aromatic heterocycles. The zero-order chi connectivity index (χ0) is 16.7. The van der Waals surface area contributed by atoms with E-state index >= 15 is 0 Å². The van der Waals surface area contributed by atoms with Crippen LogP contribution in [0.2, 0.25) is 5.02 Å². The Hall–Kier alpha value is -0.690. The molecular weight excluding hydrogens is 341 g/mol. The van der Waals surface area contributed by atoms with E-state index in [9.17, 15) is 12.8 Å². The van der Waals surface area contributed by atoms with Gasteiger partial charge in [-0.05, 0) is 31.0 Å². The van der Waals surface area contributed by atoms with Gasteiger partial charge >= 0.3 is 0 Å². The molecule has 2 aliphatic rings. The highest BCUT2D eigenvalue weighted by molar-refractivity contribution is 7.93. The van der Waals surface area contributed by atoms with Crippen LogP contribution in [0.4, 0.5) is 4.39 Å². The summed E-state index contributed by atoms with van der Waals surface area (Å²) in [4.78, 5) is 2.05. The maximum absolute atomic E-state index is 13.5. The molecule has 4 nitrogen and oxygen atoms in total. The summed E-state index contributed by atoms with van der Waals surface area (Å²) in [6.45, 7) is 4.54. The minimum absolute atomic E-state index is 0.0608. The van der Waals surface area contributed by atoms with E-state index in [1.807, 2.05) is 11.8 Å². The molecule has 23 heavy (non-hydrogen) atoms. The smallest absolute Gasteiger partial charge is 0.158 e. The summed E-state index contributed by atoms with van der Waals surface area (Å²) in [5.41, 5.74) is 0.804. The Labute approximate surface area is 141 Å². The highest BCUT2D eigenvalue weighted by Crippen LogP contribution is 2.45. The first kappa shape index (κ1) is 17.1. The van der Waals surface area contributed by atoms with E-state index < -0.39 is 20.4 Å².